The lowest BCUT2D eigenvalue weighted by atomic mass is 10.2. The summed E-state index contributed by atoms with van der Waals surface area (Å²) < 4.78 is 13.0. The number of halogens is 1. The highest BCUT2D eigenvalue weighted by Gasteiger charge is 2.25. The van der Waals surface area contributed by atoms with Crippen LogP contribution in [0.5, 0.6) is 11.5 Å². The standard InChI is InChI=1S/C15H18BrN3O4/c1-4-5-6-23-11-7-12(18-9-10(2)17-15(18)16)14(19(20)21)13(8-11)22-3/h7-9H,4-6H2,1-3H3. The maximum atomic E-state index is 11.5. The van der Waals surface area contributed by atoms with Crippen molar-refractivity contribution < 1.29 is 14.4 Å². The molecule has 23 heavy (non-hydrogen) atoms. The number of unbranched alkanes of at least 4 members (excludes halogenated alkanes) is 1. The number of nitro benzene ring substituents is 1. The van der Waals surface area contributed by atoms with Gasteiger partial charge in [0.15, 0.2) is 4.73 Å². The number of aromatic nitrogens is 2. The van der Waals surface area contributed by atoms with Crippen molar-refractivity contribution in [1.29, 1.82) is 0 Å². The summed E-state index contributed by atoms with van der Waals surface area (Å²) >= 11 is 3.32. The van der Waals surface area contributed by atoms with Crippen molar-refractivity contribution in [2.75, 3.05) is 13.7 Å². The number of hydrogen-bond donors (Lipinski definition) is 0. The summed E-state index contributed by atoms with van der Waals surface area (Å²) in [6.45, 7) is 4.42. The minimum atomic E-state index is -0.467. The lowest BCUT2D eigenvalue weighted by Crippen LogP contribution is -2.04. The van der Waals surface area contributed by atoms with Crippen molar-refractivity contribution in [1.82, 2.24) is 9.55 Å². The predicted molar refractivity (Wildman–Crippen MR) is 89.6 cm³/mol. The van der Waals surface area contributed by atoms with Crippen LogP contribution in [0, 0.1) is 17.0 Å². The van der Waals surface area contributed by atoms with E-state index in [1.54, 1.807) is 16.8 Å². The molecule has 0 atom stereocenters. The summed E-state index contributed by atoms with van der Waals surface area (Å²) in [4.78, 5) is 15.3. The van der Waals surface area contributed by atoms with E-state index in [-0.39, 0.29) is 11.4 Å². The molecule has 1 aromatic heterocycles. The molecule has 0 aliphatic carbocycles. The molecule has 0 amide bonds. The van der Waals surface area contributed by atoms with Gasteiger partial charge in [-0.25, -0.2) is 4.98 Å². The fourth-order valence-corrected chi connectivity index (χ4v) is 2.72. The van der Waals surface area contributed by atoms with E-state index >= 15 is 0 Å². The Labute approximate surface area is 142 Å². The Bertz CT molecular complexity index is 715. The van der Waals surface area contributed by atoms with Gasteiger partial charge < -0.3 is 9.47 Å². The average molecular weight is 384 g/mol. The maximum Gasteiger partial charge on any atom is 0.334 e. The summed E-state index contributed by atoms with van der Waals surface area (Å²) in [5, 5.41) is 11.5. The summed E-state index contributed by atoms with van der Waals surface area (Å²) in [6.07, 6.45) is 3.62. The number of hydrogen-bond acceptors (Lipinski definition) is 5. The molecule has 124 valence electrons. The van der Waals surface area contributed by atoms with E-state index in [4.69, 9.17) is 9.47 Å². The number of imidazole rings is 1. The Kier molecular flexibility index (Phi) is 5.59. The second-order valence-corrected chi connectivity index (χ2v) is 5.68. The van der Waals surface area contributed by atoms with Crippen molar-refractivity contribution in [3.8, 4) is 17.2 Å². The number of aryl methyl sites for hydroxylation is 1. The predicted octanol–water partition coefficient (Wildman–Crippen LogP) is 4.04. The van der Waals surface area contributed by atoms with E-state index in [1.807, 2.05) is 6.92 Å². The molecule has 0 aliphatic heterocycles. The number of nitrogens with zero attached hydrogens (tertiary/aromatic N) is 3. The van der Waals surface area contributed by atoms with E-state index in [9.17, 15) is 10.1 Å². The van der Waals surface area contributed by atoms with Gasteiger partial charge in [-0.3, -0.25) is 14.7 Å². The van der Waals surface area contributed by atoms with E-state index in [0.29, 0.717) is 22.8 Å². The highest BCUT2D eigenvalue weighted by Crippen LogP contribution is 2.39. The summed E-state index contributed by atoms with van der Waals surface area (Å²) in [5.41, 5.74) is 0.948. The Balaban J connectivity index is 2.58. The van der Waals surface area contributed by atoms with Crippen LogP contribution in [0.15, 0.2) is 23.1 Å². The summed E-state index contributed by atoms with van der Waals surface area (Å²) in [5.74, 6) is 0.673. The molecule has 7 nitrogen and oxygen atoms in total. The van der Waals surface area contributed by atoms with Crippen LogP contribution in [0.25, 0.3) is 5.69 Å². The SMILES string of the molecule is CCCCOc1cc(OC)c([N+](=O)[O-])c(-n2cc(C)nc2Br)c1. The van der Waals surface area contributed by atoms with Crippen LogP contribution in [0.3, 0.4) is 0 Å². The summed E-state index contributed by atoms with van der Waals surface area (Å²) in [7, 11) is 1.40. The highest BCUT2D eigenvalue weighted by atomic mass is 79.9. The molecule has 0 unspecified atom stereocenters. The van der Waals surface area contributed by atoms with Crippen molar-refractivity contribution in [2.24, 2.45) is 0 Å². The van der Waals surface area contributed by atoms with Crippen molar-refractivity contribution >= 4 is 21.6 Å². The largest absolute Gasteiger partial charge is 0.493 e. The molecule has 0 fully saturated rings. The van der Waals surface area contributed by atoms with E-state index in [2.05, 4.69) is 27.8 Å². The second kappa shape index (κ2) is 7.45. The van der Waals surface area contributed by atoms with Gasteiger partial charge in [-0.2, -0.15) is 0 Å². The molecule has 0 radical (unpaired) electrons. The highest BCUT2D eigenvalue weighted by molar-refractivity contribution is 9.10. The van der Waals surface area contributed by atoms with Crippen LogP contribution >= 0.6 is 15.9 Å². The lowest BCUT2D eigenvalue weighted by Gasteiger charge is -2.12. The Morgan fingerprint density at radius 1 is 1.43 bits per heavy atom. The molecule has 0 saturated carbocycles. The zero-order valence-electron chi connectivity index (χ0n) is 13.2. The Morgan fingerprint density at radius 3 is 2.70 bits per heavy atom. The zero-order valence-corrected chi connectivity index (χ0v) is 14.8. The topological polar surface area (TPSA) is 79.4 Å². The van der Waals surface area contributed by atoms with Crippen LogP contribution in [0.2, 0.25) is 0 Å². The van der Waals surface area contributed by atoms with Crippen molar-refractivity contribution in [3.63, 3.8) is 0 Å². The van der Waals surface area contributed by atoms with Gasteiger partial charge in [-0.15, -0.1) is 0 Å². The van der Waals surface area contributed by atoms with E-state index in [1.165, 1.54) is 13.2 Å². The van der Waals surface area contributed by atoms with E-state index < -0.39 is 4.92 Å². The molecule has 1 heterocycles. The average Bonchev–Trinajstić information content (AvgIpc) is 2.84. The smallest absolute Gasteiger partial charge is 0.334 e. The Hall–Kier alpha value is -2.09. The maximum absolute atomic E-state index is 11.5. The van der Waals surface area contributed by atoms with Crippen LogP contribution in [0.1, 0.15) is 25.5 Å². The van der Waals surface area contributed by atoms with E-state index in [0.717, 1.165) is 18.5 Å². The minimum absolute atomic E-state index is 0.131. The minimum Gasteiger partial charge on any atom is -0.493 e. The first kappa shape index (κ1) is 17.3. The molecule has 0 spiro atoms. The fraction of sp³-hybridized carbons (Fsp3) is 0.400. The zero-order chi connectivity index (χ0) is 17.0. The first-order valence-electron chi connectivity index (χ1n) is 7.19. The molecular formula is C15H18BrN3O4. The number of methoxy groups -OCH3 is 1. The third kappa shape index (κ3) is 3.82. The van der Waals surface area contributed by atoms with Gasteiger partial charge in [-0.05, 0) is 29.3 Å². The lowest BCUT2D eigenvalue weighted by molar-refractivity contribution is -0.385. The van der Waals surface area contributed by atoms with Crippen LogP contribution in [-0.4, -0.2) is 28.2 Å². The number of ether oxygens (including phenoxy) is 2. The number of benzene rings is 1. The first-order valence-corrected chi connectivity index (χ1v) is 7.98. The molecule has 0 N–H and O–H groups in total. The van der Waals surface area contributed by atoms with Gasteiger partial charge in [0.2, 0.25) is 5.75 Å². The van der Waals surface area contributed by atoms with Gasteiger partial charge in [0.1, 0.15) is 11.4 Å². The third-order valence-corrected chi connectivity index (χ3v) is 3.80. The third-order valence-electron chi connectivity index (χ3n) is 3.24. The van der Waals surface area contributed by atoms with Crippen LogP contribution < -0.4 is 9.47 Å². The molecule has 8 heteroatoms. The molecule has 0 saturated heterocycles. The quantitative estimate of drug-likeness (QED) is 0.409. The molecule has 2 aromatic rings. The van der Waals surface area contributed by atoms with Crippen molar-refractivity contribution in [3.05, 3.63) is 38.9 Å². The van der Waals surface area contributed by atoms with Gasteiger partial charge in [0.05, 0.1) is 24.3 Å². The summed E-state index contributed by atoms with van der Waals surface area (Å²) in [6, 6.07) is 3.16. The van der Waals surface area contributed by atoms with Gasteiger partial charge >= 0.3 is 5.69 Å². The Morgan fingerprint density at radius 2 is 2.17 bits per heavy atom. The molecule has 2 rings (SSSR count). The second-order valence-electron chi connectivity index (χ2n) is 4.97. The number of nitro groups is 1. The van der Waals surface area contributed by atoms with Crippen LogP contribution in [-0.2, 0) is 0 Å². The first-order chi connectivity index (χ1) is 11.0. The van der Waals surface area contributed by atoms with Crippen LogP contribution in [0.4, 0.5) is 5.69 Å². The van der Waals surface area contributed by atoms with Gasteiger partial charge in [0, 0.05) is 18.3 Å². The molecular weight excluding hydrogens is 366 g/mol. The van der Waals surface area contributed by atoms with Gasteiger partial charge in [-0.1, -0.05) is 13.3 Å². The normalized spacial score (nSPS) is 10.6. The molecule has 0 aliphatic rings. The number of rotatable bonds is 7. The fourth-order valence-electron chi connectivity index (χ4n) is 2.15. The van der Waals surface area contributed by atoms with Gasteiger partial charge in [0.25, 0.3) is 0 Å². The van der Waals surface area contributed by atoms with Crippen molar-refractivity contribution in [2.45, 2.75) is 26.7 Å². The monoisotopic (exact) mass is 383 g/mol. The molecule has 1 aromatic carbocycles. The molecule has 0 bridgehead atoms.